The fraction of sp³-hybridized carbons (Fsp3) is 0.250. The van der Waals surface area contributed by atoms with Gasteiger partial charge in [-0.1, -0.05) is 35.3 Å². The van der Waals surface area contributed by atoms with E-state index in [-0.39, 0.29) is 23.9 Å². The fourth-order valence-electron chi connectivity index (χ4n) is 3.07. The van der Waals surface area contributed by atoms with Gasteiger partial charge in [0.25, 0.3) is 5.91 Å². The predicted molar refractivity (Wildman–Crippen MR) is 108 cm³/mol. The van der Waals surface area contributed by atoms with Gasteiger partial charge >= 0.3 is 12.1 Å². The number of esters is 1. The first-order chi connectivity index (χ1) is 14.6. The highest BCUT2D eigenvalue weighted by Crippen LogP contribution is 2.35. The molecule has 1 atom stereocenters. The van der Waals surface area contributed by atoms with Gasteiger partial charge in [0.1, 0.15) is 0 Å². The zero-order chi connectivity index (χ0) is 22.8. The summed E-state index contributed by atoms with van der Waals surface area (Å²) in [5, 5.41) is 2.70. The number of amides is 2. The van der Waals surface area contributed by atoms with Crippen molar-refractivity contribution >= 4 is 52.4 Å². The van der Waals surface area contributed by atoms with E-state index in [0.29, 0.717) is 10.7 Å². The van der Waals surface area contributed by atoms with E-state index >= 15 is 0 Å². The lowest BCUT2D eigenvalue weighted by atomic mass is 10.1. The van der Waals surface area contributed by atoms with Gasteiger partial charge in [-0.2, -0.15) is 13.2 Å². The maximum Gasteiger partial charge on any atom is 0.418 e. The molecule has 3 rings (SSSR count). The normalized spacial score (nSPS) is 16.4. The molecule has 0 radical (unpaired) electrons. The number of hydrogen-bond donors (Lipinski definition) is 1. The number of ether oxygens (including phenoxy) is 1. The summed E-state index contributed by atoms with van der Waals surface area (Å²) < 4.78 is 43.9. The third-order valence-electron chi connectivity index (χ3n) is 4.51. The summed E-state index contributed by atoms with van der Waals surface area (Å²) in [5.74, 6) is -3.01. The van der Waals surface area contributed by atoms with E-state index < -0.39 is 41.8 Å². The van der Waals surface area contributed by atoms with Gasteiger partial charge in [-0.3, -0.25) is 14.4 Å². The molecule has 164 valence electrons. The highest BCUT2D eigenvalue weighted by Gasteiger charge is 2.37. The van der Waals surface area contributed by atoms with Gasteiger partial charge in [-0.25, -0.2) is 0 Å². The van der Waals surface area contributed by atoms with Crippen LogP contribution in [0.4, 0.5) is 24.5 Å². The Morgan fingerprint density at radius 1 is 1.16 bits per heavy atom. The molecule has 2 aromatic rings. The number of nitrogens with one attached hydrogen (secondary N) is 1. The van der Waals surface area contributed by atoms with E-state index in [1.165, 1.54) is 29.2 Å². The van der Waals surface area contributed by atoms with Crippen molar-refractivity contribution in [3.63, 3.8) is 0 Å². The number of alkyl halides is 3. The second-order valence-electron chi connectivity index (χ2n) is 6.70. The maximum absolute atomic E-state index is 13.0. The Hall–Kier alpha value is -2.78. The molecule has 1 N–H and O–H groups in total. The number of halogens is 5. The van der Waals surface area contributed by atoms with Gasteiger partial charge in [0.05, 0.1) is 27.9 Å². The van der Waals surface area contributed by atoms with Crippen molar-refractivity contribution < 1.29 is 32.3 Å². The molecule has 0 bridgehead atoms. The van der Waals surface area contributed by atoms with Gasteiger partial charge in [0.15, 0.2) is 6.61 Å². The van der Waals surface area contributed by atoms with Crippen LogP contribution in [-0.2, 0) is 25.3 Å². The predicted octanol–water partition coefficient (Wildman–Crippen LogP) is 4.55. The van der Waals surface area contributed by atoms with E-state index in [0.717, 1.165) is 12.1 Å². The van der Waals surface area contributed by atoms with Crippen molar-refractivity contribution in [3.8, 4) is 0 Å². The SMILES string of the molecule is O=C(COC(=O)[C@H]1CC(=O)N(c2cc(Cl)ccc2Cl)C1)Nc1ccccc1C(F)(F)F. The molecule has 1 saturated heterocycles. The van der Waals surface area contributed by atoms with Crippen molar-refractivity contribution in [2.45, 2.75) is 12.6 Å². The summed E-state index contributed by atoms with van der Waals surface area (Å²) in [6.07, 6.45) is -4.82. The lowest BCUT2D eigenvalue weighted by molar-refractivity contribution is -0.151. The number of anilines is 2. The molecule has 31 heavy (non-hydrogen) atoms. The van der Waals surface area contributed by atoms with Gasteiger partial charge in [-0.05, 0) is 30.3 Å². The number of para-hydroxylation sites is 1. The minimum Gasteiger partial charge on any atom is -0.455 e. The van der Waals surface area contributed by atoms with E-state index in [9.17, 15) is 27.6 Å². The Morgan fingerprint density at radius 2 is 1.87 bits per heavy atom. The van der Waals surface area contributed by atoms with Gasteiger partial charge < -0.3 is 15.0 Å². The minimum atomic E-state index is -4.66. The van der Waals surface area contributed by atoms with Crippen LogP contribution in [0.1, 0.15) is 12.0 Å². The van der Waals surface area contributed by atoms with E-state index in [2.05, 4.69) is 5.32 Å². The Kier molecular flexibility index (Phi) is 6.76. The van der Waals surface area contributed by atoms with Crippen LogP contribution in [0.3, 0.4) is 0 Å². The summed E-state index contributed by atoms with van der Waals surface area (Å²) in [7, 11) is 0. The number of nitrogens with zero attached hydrogens (tertiary/aromatic N) is 1. The molecular formula is C20H15Cl2F3N2O4. The minimum absolute atomic E-state index is 0.0315. The van der Waals surface area contributed by atoms with Crippen molar-refractivity contribution in [2.75, 3.05) is 23.4 Å². The highest BCUT2D eigenvalue weighted by molar-refractivity contribution is 6.35. The standard InChI is InChI=1S/C20H15Cl2F3N2O4/c21-12-5-6-14(22)16(8-12)27-9-11(7-18(27)29)19(30)31-10-17(28)26-15-4-2-1-3-13(15)20(23,24)25/h1-6,8,11H,7,9-10H2,(H,26,28)/t11-/m0/s1. The molecule has 1 fully saturated rings. The van der Waals surface area contributed by atoms with Crippen LogP contribution in [0.5, 0.6) is 0 Å². The lowest BCUT2D eigenvalue weighted by Crippen LogP contribution is -2.28. The van der Waals surface area contributed by atoms with Crippen LogP contribution in [0.25, 0.3) is 0 Å². The monoisotopic (exact) mass is 474 g/mol. The Balaban J connectivity index is 1.59. The number of carbonyl (C=O) groups excluding carboxylic acids is 3. The molecule has 1 heterocycles. The van der Waals surface area contributed by atoms with Crippen LogP contribution >= 0.6 is 23.2 Å². The first-order valence-electron chi connectivity index (χ1n) is 8.94. The third-order valence-corrected chi connectivity index (χ3v) is 5.06. The van der Waals surface area contributed by atoms with Crippen LogP contribution in [0.15, 0.2) is 42.5 Å². The van der Waals surface area contributed by atoms with Gasteiger partial charge in [0, 0.05) is 18.0 Å². The average Bonchev–Trinajstić information content (AvgIpc) is 3.09. The highest BCUT2D eigenvalue weighted by atomic mass is 35.5. The molecule has 0 unspecified atom stereocenters. The van der Waals surface area contributed by atoms with Gasteiger partial charge in [-0.15, -0.1) is 0 Å². The zero-order valence-corrected chi connectivity index (χ0v) is 17.2. The van der Waals surface area contributed by atoms with Crippen LogP contribution < -0.4 is 10.2 Å². The van der Waals surface area contributed by atoms with Crippen molar-refractivity contribution in [2.24, 2.45) is 5.92 Å². The Labute approximate surface area is 184 Å². The number of hydrogen-bond acceptors (Lipinski definition) is 4. The lowest BCUT2D eigenvalue weighted by Gasteiger charge is -2.18. The molecule has 1 aliphatic heterocycles. The molecule has 2 aromatic carbocycles. The topological polar surface area (TPSA) is 75.7 Å². The van der Waals surface area contributed by atoms with Crippen molar-refractivity contribution in [3.05, 3.63) is 58.1 Å². The molecule has 11 heteroatoms. The number of carbonyl (C=O) groups is 3. The van der Waals surface area contributed by atoms with Crippen molar-refractivity contribution in [1.82, 2.24) is 0 Å². The van der Waals surface area contributed by atoms with Gasteiger partial charge in [0.2, 0.25) is 5.91 Å². The largest absolute Gasteiger partial charge is 0.455 e. The smallest absolute Gasteiger partial charge is 0.418 e. The first kappa shape index (κ1) is 22.9. The second-order valence-corrected chi connectivity index (χ2v) is 7.54. The quantitative estimate of drug-likeness (QED) is 0.645. The van der Waals surface area contributed by atoms with Crippen LogP contribution in [0, 0.1) is 5.92 Å². The van der Waals surface area contributed by atoms with E-state index in [4.69, 9.17) is 27.9 Å². The van der Waals surface area contributed by atoms with Crippen LogP contribution in [-0.4, -0.2) is 30.9 Å². The van der Waals surface area contributed by atoms with E-state index in [1.54, 1.807) is 6.07 Å². The molecular weight excluding hydrogens is 460 g/mol. The fourth-order valence-corrected chi connectivity index (χ4v) is 3.46. The summed E-state index contributed by atoms with van der Waals surface area (Å²) in [5.41, 5.74) is -1.13. The summed E-state index contributed by atoms with van der Waals surface area (Å²) >= 11 is 12.0. The molecule has 0 saturated carbocycles. The van der Waals surface area contributed by atoms with Crippen LogP contribution in [0.2, 0.25) is 10.0 Å². The second kappa shape index (κ2) is 9.15. The molecule has 1 aliphatic rings. The molecule has 6 nitrogen and oxygen atoms in total. The Morgan fingerprint density at radius 3 is 2.58 bits per heavy atom. The summed E-state index contributed by atoms with van der Waals surface area (Å²) in [6, 6.07) is 8.98. The number of benzene rings is 2. The molecule has 0 aromatic heterocycles. The first-order valence-corrected chi connectivity index (χ1v) is 9.70. The average molecular weight is 475 g/mol. The summed E-state index contributed by atoms with van der Waals surface area (Å²) in [6.45, 7) is -0.829. The van der Waals surface area contributed by atoms with E-state index in [1.807, 2.05) is 0 Å². The Bertz CT molecular complexity index is 1030. The zero-order valence-electron chi connectivity index (χ0n) is 15.7. The van der Waals surface area contributed by atoms with Crippen molar-refractivity contribution in [1.29, 1.82) is 0 Å². The molecule has 2 amide bonds. The third kappa shape index (κ3) is 5.48. The number of rotatable bonds is 5. The molecule has 0 aliphatic carbocycles. The maximum atomic E-state index is 13.0. The molecule has 0 spiro atoms. The summed E-state index contributed by atoms with van der Waals surface area (Å²) in [4.78, 5) is 37.8.